The Morgan fingerprint density at radius 2 is 1.97 bits per heavy atom. The number of rotatable bonds is 7. The lowest BCUT2D eigenvalue weighted by atomic mass is 9.97. The van der Waals surface area contributed by atoms with Gasteiger partial charge in [0.15, 0.2) is 11.2 Å². The molecule has 11 heteroatoms. The zero-order valence-electron chi connectivity index (χ0n) is 19.8. The standard InChI is InChI=1S/C24H28FN5O5/c1-3-4-12-30-20-19(21(31)27-24(30)34)28(2)18(26-20)14-35-23(33)16-6-5-11-29(13-16)22(32)15-7-9-17(25)10-8-15/h7-10,16H,3-6,11-14H2,1-2H3,(H,27,31,34). The van der Waals surface area contributed by atoms with Gasteiger partial charge >= 0.3 is 11.7 Å². The highest BCUT2D eigenvalue weighted by atomic mass is 19.1. The third kappa shape index (κ3) is 5.03. The second-order valence-corrected chi connectivity index (χ2v) is 8.73. The van der Waals surface area contributed by atoms with Crippen LogP contribution in [0.15, 0.2) is 33.9 Å². The van der Waals surface area contributed by atoms with Gasteiger partial charge in [0.2, 0.25) is 0 Å². The molecular formula is C24H28FN5O5. The van der Waals surface area contributed by atoms with Crippen molar-refractivity contribution in [3.63, 3.8) is 0 Å². The van der Waals surface area contributed by atoms with Gasteiger partial charge in [0.1, 0.15) is 18.2 Å². The highest BCUT2D eigenvalue weighted by molar-refractivity contribution is 5.94. The molecule has 4 rings (SSSR count). The molecule has 35 heavy (non-hydrogen) atoms. The number of imidazole rings is 1. The minimum absolute atomic E-state index is 0.173. The minimum atomic E-state index is -0.549. The number of aryl methyl sites for hydroxylation is 2. The monoisotopic (exact) mass is 485 g/mol. The summed E-state index contributed by atoms with van der Waals surface area (Å²) in [5.41, 5.74) is -0.215. The van der Waals surface area contributed by atoms with Gasteiger partial charge in [-0.1, -0.05) is 13.3 Å². The lowest BCUT2D eigenvalue weighted by molar-refractivity contribution is -0.151. The summed E-state index contributed by atoms with van der Waals surface area (Å²) >= 11 is 0. The Hall–Kier alpha value is -3.76. The number of hydrogen-bond acceptors (Lipinski definition) is 6. The van der Waals surface area contributed by atoms with Crippen molar-refractivity contribution in [1.29, 1.82) is 0 Å². The highest BCUT2D eigenvalue weighted by Crippen LogP contribution is 2.21. The summed E-state index contributed by atoms with van der Waals surface area (Å²) in [5, 5.41) is 0. The Labute approximate surface area is 200 Å². The number of piperidine rings is 1. The van der Waals surface area contributed by atoms with Crippen molar-refractivity contribution in [2.75, 3.05) is 13.1 Å². The molecule has 186 valence electrons. The predicted molar refractivity (Wildman–Crippen MR) is 125 cm³/mol. The second-order valence-electron chi connectivity index (χ2n) is 8.73. The molecule has 1 aromatic carbocycles. The first-order valence-corrected chi connectivity index (χ1v) is 11.7. The van der Waals surface area contributed by atoms with Gasteiger partial charge in [0.05, 0.1) is 5.92 Å². The van der Waals surface area contributed by atoms with Gasteiger partial charge < -0.3 is 14.2 Å². The Balaban J connectivity index is 1.46. The number of H-pyrrole nitrogens is 1. The number of benzene rings is 1. The van der Waals surface area contributed by atoms with E-state index in [4.69, 9.17) is 4.74 Å². The van der Waals surface area contributed by atoms with Crippen LogP contribution in [-0.4, -0.2) is 49.0 Å². The fraction of sp³-hybridized carbons (Fsp3) is 0.458. The maximum atomic E-state index is 13.2. The van der Waals surface area contributed by atoms with Crippen LogP contribution in [0.3, 0.4) is 0 Å². The first-order chi connectivity index (χ1) is 16.8. The number of aromatic amines is 1. The fourth-order valence-electron chi connectivity index (χ4n) is 4.33. The van der Waals surface area contributed by atoms with Gasteiger partial charge in [-0.2, -0.15) is 0 Å². The lowest BCUT2D eigenvalue weighted by Gasteiger charge is -2.31. The Bertz CT molecular complexity index is 1360. The molecular weight excluding hydrogens is 457 g/mol. The van der Waals surface area contributed by atoms with Crippen molar-refractivity contribution in [3.05, 3.63) is 62.3 Å². The number of unbranched alkanes of at least 4 members (excludes halogenated alkanes) is 1. The minimum Gasteiger partial charge on any atom is -0.457 e. The number of fused-ring (bicyclic) bond motifs is 1. The van der Waals surface area contributed by atoms with E-state index in [-0.39, 0.29) is 30.2 Å². The van der Waals surface area contributed by atoms with Crippen LogP contribution in [0.2, 0.25) is 0 Å². The molecule has 0 radical (unpaired) electrons. The van der Waals surface area contributed by atoms with Crippen molar-refractivity contribution in [2.24, 2.45) is 13.0 Å². The quantitative estimate of drug-likeness (QED) is 0.511. The van der Waals surface area contributed by atoms with E-state index in [1.165, 1.54) is 33.4 Å². The predicted octanol–water partition coefficient (Wildman–Crippen LogP) is 1.96. The molecule has 3 aromatic rings. The molecule has 10 nitrogen and oxygen atoms in total. The van der Waals surface area contributed by atoms with Gasteiger partial charge in [0, 0.05) is 32.2 Å². The molecule has 1 amide bonds. The van der Waals surface area contributed by atoms with Crippen LogP contribution in [0.1, 0.15) is 48.8 Å². The number of amides is 1. The summed E-state index contributed by atoms with van der Waals surface area (Å²) in [6.07, 6.45) is 2.83. The van der Waals surface area contributed by atoms with Crippen LogP contribution in [0.5, 0.6) is 0 Å². The van der Waals surface area contributed by atoms with E-state index in [9.17, 15) is 23.6 Å². The van der Waals surface area contributed by atoms with E-state index in [1.54, 1.807) is 11.9 Å². The third-order valence-electron chi connectivity index (χ3n) is 6.32. The zero-order valence-corrected chi connectivity index (χ0v) is 19.8. The summed E-state index contributed by atoms with van der Waals surface area (Å²) in [4.78, 5) is 58.5. The third-order valence-corrected chi connectivity index (χ3v) is 6.32. The number of nitrogens with zero attached hydrogens (tertiary/aromatic N) is 4. The number of esters is 1. The topological polar surface area (TPSA) is 119 Å². The molecule has 1 aliphatic rings. The Morgan fingerprint density at radius 3 is 2.69 bits per heavy atom. The molecule has 2 aromatic heterocycles. The van der Waals surface area contributed by atoms with Crippen LogP contribution in [0.25, 0.3) is 11.2 Å². The first-order valence-electron chi connectivity index (χ1n) is 11.7. The van der Waals surface area contributed by atoms with Crippen molar-refractivity contribution in [3.8, 4) is 0 Å². The second kappa shape index (κ2) is 10.2. The van der Waals surface area contributed by atoms with Gasteiger partial charge in [0.25, 0.3) is 11.5 Å². The maximum Gasteiger partial charge on any atom is 0.330 e. The van der Waals surface area contributed by atoms with Crippen LogP contribution < -0.4 is 11.2 Å². The Morgan fingerprint density at radius 1 is 1.23 bits per heavy atom. The SMILES string of the molecule is CCCCn1c(=O)[nH]c(=O)c2c1nc(COC(=O)C1CCCN(C(=O)c3ccc(F)cc3)C1)n2C. The number of ether oxygens (including phenoxy) is 1. The molecule has 1 fully saturated rings. The molecule has 1 N–H and O–H groups in total. The average Bonchev–Trinajstić information content (AvgIpc) is 3.19. The largest absolute Gasteiger partial charge is 0.457 e. The van der Waals surface area contributed by atoms with E-state index in [2.05, 4.69) is 9.97 Å². The number of carbonyl (C=O) groups is 2. The summed E-state index contributed by atoms with van der Waals surface area (Å²) in [6, 6.07) is 5.31. The zero-order chi connectivity index (χ0) is 25.1. The number of hydrogen-bond donors (Lipinski definition) is 1. The van der Waals surface area contributed by atoms with Gasteiger partial charge in [-0.05, 0) is 43.5 Å². The highest BCUT2D eigenvalue weighted by Gasteiger charge is 2.30. The van der Waals surface area contributed by atoms with E-state index in [1.807, 2.05) is 6.92 Å². The van der Waals surface area contributed by atoms with E-state index in [0.717, 1.165) is 12.8 Å². The van der Waals surface area contributed by atoms with Crippen LogP contribution in [-0.2, 0) is 29.7 Å². The molecule has 1 saturated heterocycles. The first kappa shape index (κ1) is 24.4. The van der Waals surface area contributed by atoms with Crippen molar-refractivity contribution >= 4 is 23.0 Å². The summed E-state index contributed by atoms with van der Waals surface area (Å²) in [6.45, 7) is 2.94. The molecule has 0 bridgehead atoms. The summed E-state index contributed by atoms with van der Waals surface area (Å²) in [5.74, 6) is -1.32. The normalized spacial score (nSPS) is 16.0. The molecule has 1 aliphatic heterocycles. The van der Waals surface area contributed by atoms with E-state index in [0.29, 0.717) is 37.3 Å². The maximum absolute atomic E-state index is 13.2. The number of likely N-dealkylation sites (tertiary alicyclic amines) is 1. The lowest BCUT2D eigenvalue weighted by Crippen LogP contribution is -2.42. The van der Waals surface area contributed by atoms with E-state index < -0.39 is 29.0 Å². The molecule has 1 unspecified atom stereocenters. The van der Waals surface area contributed by atoms with Crippen molar-refractivity contribution < 1.29 is 18.7 Å². The molecule has 0 spiro atoms. The van der Waals surface area contributed by atoms with Crippen molar-refractivity contribution in [2.45, 2.75) is 45.8 Å². The van der Waals surface area contributed by atoms with Gasteiger partial charge in [-0.3, -0.25) is 23.9 Å². The fourth-order valence-corrected chi connectivity index (χ4v) is 4.33. The Kier molecular flexibility index (Phi) is 7.13. The van der Waals surface area contributed by atoms with Crippen molar-refractivity contribution in [1.82, 2.24) is 24.0 Å². The smallest absolute Gasteiger partial charge is 0.330 e. The summed E-state index contributed by atoms with van der Waals surface area (Å²) < 4.78 is 21.6. The summed E-state index contributed by atoms with van der Waals surface area (Å²) in [7, 11) is 1.63. The van der Waals surface area contributed by atoms with E-state index >= 15 is 0 Å². The van der Waals surface area contributed by atoms with Gasteiger partial charge in [-0.25, -0.2) is 14.2 Å². The van der Waals surface area contributed by atoms with Crippen LogP contribution in [0, 0.1) is 11.7 Å². The van der Waals surface area contributed by atoms with Crippen LogP contribution in [0.4, 0.5) is 4.39 Å². The number of nitrogens with one attached hydrogen (secondary N) is 1. The number of halogens is 1. The molecule has 0 saturated carbocycles. The molecule has 1 atom stereocenters. The average molecular weight is 486 g/mol. The molecule has 3 heterocycles. The van der Waals surface area contributed by atoms with Crippen LogP contribution >= 0.6 is 0 Å². The number of aromatic nitrogens is 4. The number of carbonyl (C=O) groups excluding carboxylic acids is 2. The molecule has 0 aliphatic carbocycles. The van der Waals surface area contributed by atoms with Gasteiger partial charge in [-0.15, -0.1) is 0 Å².